The van der Waals surface area contributed by atoms with Gasteiger partial charge in [-0.15, -0.1) is 10.2 Å². The highest BCUT2D eigenvalue weighted by molar-refractivity contribution is 5.60. The molecule has 6 nitrogen and oxygen atoms in total. The third kappa shape index (κ3) is 3.33. The summed E-state index contributed by atoms with van der Waals surface area (Å²) in [5.41, 5.74) is 1.93. The van der Waals surface area contributed by atoms with Crippen LogP contribution in [0.25, 0.3) is 11.4 Å². The lowest BCUT2D eigenvalue weighted by atomic mass is 10.1. The lowest BCUT2D eigenvalue weighted by Gasteiger charge is -2.15. The molecule has 0 radical (unpaired) electrons. The van der Waals surface area contributed by atoms with E-state index in [-0.39, 0.29) is 0 Å². The fourth-order valence-electron chi connectivity index (χ4n) is 2.36. The van der Waals surface area contributed by atoms with E-state index >= 15 is 0 Å². The molecular formula is C16H19N5O. The number of nitrogens with zero attached hydrogens (tertiary/aromatic N) is 4. The van der Waals surface area contributed by atoms with Gasteiger partial charge < -0.3 is 14.3 Å². The Labute approximate surface area is 129 Å². The van der Waals surface area contributed by atoms with Crippen molar-refractivity contribution in [2.75, 3.05) is 5.32 Å². The predicted octanol–water partition coefficient (Wildman–Crippen LogP) is 2.90. The van der Waals surface area contributed by atoms with Gasteiger partial charge in [0.05, 0.1) is 12.0 Å². The van der Waals surface area contributed by atoms with Gasteiger partial charge in [-0.1, -0.05) is 0 Å². The third-order valence-electron chi connectivity index (χ3n) is 3.52. The molecule has 0 aliphatic carbocycles. The van der Waals surface area contributed by atoms with Crippen molar-refractivity contribution < 1.29 is 4.42 Å². The van der Waals surface area contributed by atoms with Crippen LogP contribution in [0, 0.1) is 0 Å². The standard InChI is InChI=1S/C16H19N5O/c1-12(5-6-15-4-3-7-22-15)19-14-8-13(9-17-10-14)16-20-18-11-21(16)2/h3-4,7-12,19H,5-6H2,1-2H3. The third-order valence-corrected chi connectivity index (χ3v) is 3.52. The van der Waals surface area contributed by atoms with Crippen molar-refractivity contribution in [1.29, 1.82) is 0 Å². The second-order valence-electron chi connectivity index (χ2n) is 5.39. The van der Waals surface area contributed by atoms with Crippen LogP contribution in [0.1, 0.15) is 19.1 Å². The molecule has 0 fully saturated rings. The van der Waals surface area contributed by atoms with Crippen molar-refractivity contribution in [1.82, 2.24) is 19.7 Å². The average molecular weight is 297 g/mol. The molecule has 114 valence electrons. The summed E-state index contributed by atoms with van der Waals surface area (Å²) in [7, 11) is 1.92. The van der Waals surface area contributed by atoms with E-state index in [0.29, 0.717) is 6.04 Å². The fourth-order valence-corrected chi connectivity index (χ4v) is 2.36. The number of nitrogens with one attached hydrogen (secondary N) is 1. The van der Waals surface area contributed by atoms with E-state index in [9.17, 15) is 0 Å². The van der Waals surface area contributed by atoms with Crippen molar-refractivity contribution in [2.45, 2.75) is 25.8 Å². The van der Waals surface area contributed by atoms with Gasteiger partial charge in [-0.3, -0.25) is 4.98 Å². The first-order valence-electron chi connectivity index (χ1n) is 7.30. The monoisotopic (exact) mass is 297 g/mol. The van der Waals surface area contributed by atoms with Crippen LogP contribution < -0.4 is 5.32 Å². The number of aryl methyl sites for hydroxylation is 2. The van der Waals surface area contributed by atoms with Crippen LogP contribution in [-0.2, 0) is 13.5 Å². The lowest BCUT2D eigenvalue weighted by Crippen LogP contribution is -2.16. The normalized spacial score (nSPS) is 12.3. The number of hydrogen-bond donors (Lipinski definition) is 1. The van der Waals surface area contributed by atoms with Gasteiger partial charge in [0.1, 0.15) is 12.1 Å². The smallest absolute Gasteiger partial charge is 0.165 e. The summed E-state index contributed by atoms with van der Waals surface area (Å²) in [5, 5.41) is 11.5. The Morgan fingerprint density at radius 3 is 3.00 bits per heavy atom. The zero-order chi connectivity index (χ0) is 15.4. The Hall–Kier alpha value is -2.63. The van der Waals surface area contributed by atoms with Crippen LogP contribution in [0.15, 0.2) is 47.6 Å². The molecule has 3 rings (SSSR count). The number of aromatic nitrogens is 4. The molecular weight excluding hydrogens is 278 g/mol. The maximum absolute atomic E-state index is 5.36. The number of hydrogen-bond acceptors (Lipinski definition) is 5. The summed E-state index contributed by atoms with van der Waals surface area (Å²) in [6.07, 6.45) is 8.91. The van der Waals surface area contributed by atoms with E-state index in [1.807, 2.05) is 36.0 Å². The van der Waals surface area contributed by atoms with Crippen LogP contribution in [0.2, 0.25) is 0 Å². The first-order chi connectivity index (χ1) is 10.7. The highest BCUT2D eigenvalue weighted by Gasteiger charge is 2.08. The molecule has 6 heteroatoms. The van der Waals surface area contributed by atoms with Gasteiger partial charge in [0.15, 0.2) is 5.82 Å². The Kier molecular flexibility index (Phi) is 4.18. The van der Waals surface area contributed by atoms with Gasteiger partial charge in [0.25, 0.3) is 0 Å². The predicted molar refractivity (Wildman–Crippen MR) is 84.3 cm³/mol. The zero-order valence-electron chi connectivity index (χ0n) is 12.7. The molecule has 3 aromatic heterocycles. The molecule has 3 heterocycles. The molecule has 0 saturated carbocycles. The van der Waals surface area contributed by atoms with E-state index in [0.717, 1.165) is 35.7 Å². The molecule has 0 aliphatic heterocycles. The number of anilines is 1. The largest absolute Gasteiger partial charge is 0.469 e. The summed E-state index contributed by atoms with van der Waals surface area (Å²) in [6, 6.07) is 6.28. The van der Waals surface area contributed by atoms with Crippen LogP contribution in [-0.4, -0.2) is 25.8 Å². The molecule has 1 unspecified atom stereocenters. The molecule has 1 N–H and O–H groups in total. The number of pyridine rings is 1. The molecule has 3 aromatic rings. The number of rotatable bonds is 6. The van der Waals surface area contributed by atoms with Gasteiger partial charge in [-0.2, -0.15) is 0 Å². The van der Waals surface area contributed by atoms with Gasteiger partial charge in [-0.05, 0) is 31.5 Å². The van der Waals surface area contributed by atoms with Crippen molar-refractivity contribution in [3.8, 4) is 11.4 Å². The maximum Gasteiger partial charge on any atom is 0.165 e. The van der Waals surface area contributed by atoms with Crippen molar-refractivity contribution in [3.05, 3.63) is 48.9 Å². The number of furan rings is 1. The Bertz CT molecular complexity index is 720. The second kappa shape index (κ2) is 6.43. The fraction of sp³-hybridized carbons (Fsp3) is 0.312. The van der Waals surface area contributed by atoms with Crippen LogP contribution in [0.5, 0.6) is 0 Å². The van der Waals surface area contributed by atoms with Gasteiger partial charge in [0.2, 0.25) is 0 Å². The molecule has 22 heavy (non-hydrogen) atoms. The summed E-state index contributed by atoms with van der Waals surface area (Å²) in [6.45, 7) is 2.15. The molecule has 0 saturated heterocycles. The first-order valence-corrected chi connectivity index (χ1v) is 7.30. The quantitative estimate of drug-likeness (QED) is 0.757. The highest BCUT2D eigenvalue weighted by Crippen LogP contribution is 2.19. The van der Waals surface area contributed by atoms with Crippen LogP contribution in [0.3, 0.4) is 0 Å². The topological polar surface area (TPSA) is 68.8 Å². The molecule has 0 aliphatic rings. The minimum absolute atomic E-state index is 0.321. The van der Waals surface area contributed by atoms with E-state index < -0.39 is 0 Å². The molecule has 0 bridgehead atoms. The minimum Gasteiger partial charge on any atom is -0.469 e. The van der Waals surface area contributed by atoms with Crippen LogP contribution in [0.4, 0.5) is 5.69 Å². The van der Waals surface area contributed by atoms with E-state index in [1.165, 1.54) is 0 Å². The highest BCUT2D eigenvalue weighted by atomic mass is 16.3. The second-order valence-corrected chi connectivity index (χ2v) is 5.39. The Balaban J connectivity index is 1.64. The van der Waals surface area contributed by atoms with E-state index in [4.69, 9.17) is 4.42 Å². The maximum atomic E-state index is 5.36. The first kappa shape index (κ1) is 14.3. The van der Waals surface area contributed by atoms with Crippen molar-refractivity contribution in [2.24, 2.45) is 7.05 Å². The van der Waals surface area contributed by atoms with Crippen molar-refractivity contribution >= 4 is 5.69 Å². The molecule has 0 spiro atoms. The van der Waals surface area contributed by atoms with Gasteiger partial charge in [0, 0.05) is 37.5 Å². The Morgan fingerprint density at radius 1 is 1.36 bits per heavy atom. The SMILES string of the molecule is CC(CCc1ccco1)Nc1cncc(-c2nncn2C)c1. The average Bonchev–Trinajstić information content (AvgIpc) is 3.16. The minimum atomic E-state index is 0.321. The van der Waals surface area contributed by atoms with E-state index in [1.54, 1.807) is 18.8 Å². The summed E-state index contributed by atoms with van der Waals surface area (Å²) in [4.78, 5) is 4.28. The summed E-state index contributed by atoms with van der Waals surface area (Å²) >= 11 is 0. The Morgan fingerprint density at radius 2 is 2.27 bits per heavy atom. The van der Waals surface area contributed by atoms with E-state index in [2.05, 4.69) is 27.4 Å². The van der Waals surface area contributed by atoms with Gasteiger partial charge in [-0.25, -0.2) is 0 Å². The van der Waals surface area contributed by atoms with Gasteiger partial charge >= 0.3 is 0 Å². The molecule has 0 aromatic carbocycles. The molecule has 1 atom stereocenters. The summed E-state index contributed by atoms with van der Waals surface area (Å²) in [5.74, 6) is 1.82. The molecule has 0 amide bonds. The zero-order valence-corrected chi connectivity index (χ0v) is 12.7. The lowest BCUT2D eigenvalue weighted by molar-refractivity contribution is 0.495. The summed E-state index contributed by atoms with van der Waals surface area (Å²) < 4.78 is 7.23. The van der Waals surface area contributed by atoms with Crippen molar-refractivity contribution in [3.63, 3.8) is 0 Å². The van der Waals surface area contributed by atoms with Crippen LogP contribution >= 0.6 is 0 Å².